The average molecular weight is 428 g/mol. The van der Waals surface area contributed by atoms with Crippen LogP contribution in [-0.2, 0) is 20.8 Å². The summed E-state index contributed by atoms with van der Waals surface area (Å²) in [5.41, 5.74) is 2.07. The third kappa shape index (κ3) is 5.85. The van der Waals surface area contributed by atoms with Crippen LogP contribution in [0.4, 0.5) is 4.79 Å². The molecule has 0 aliphatic carbocycles. The molecule has 1 aliphatic rings. The van der Waals surface area contributed by atoms with Crippen molar-refractivity contribution in [2.24, 2.45) is 11.8 Å². The molecule has 1 heterocycles. The average Bonchev–Trinajstić information content (AvgIpc) is 3.25. The molecule has 1 aliphatic heterocycles. The van der Waals surface area contributed by atoms with Crippen LogP contribution in [0.1, 0.15) is 37.9 Å². The Labute approximate surface area is 184 Å². The lowest BCUT2D eigenvalue weighted by Crippen LogP contribution is -2.48. The number of nitrogens with zero attached hydrogens (tertiary/aromatic N) is 1. The summed E-state index contributed by atoms with van der Waals surface area (Å²) in [6.45, 7) is 7.38. The molecule has 0 spiro atoms. The molecule has 1 N–H and O–H groups in total. The highest BCUT2D eigenvalue weighted by molar-refractivity contribution is 5.69. The van der Waals surface area contributed by atoms with E-state index in [2.05, 4.69) is 0 Å². The first-order valence-corrected chi connectivity index (χ1v) is 10.9. The number of hydrogen-bond acceptors (Lipinski definition) is 5. The zero-order valence-electron chi connectivity index (χ0n) is 18.5. The maximum Gasteiger partial charge on any atom is 0.412 e. The van der Waals surface area contributed by atoms with Crippen molar-refractivity contribution in [1.82, 2.24) is 4.90 Å². The number of aliphatic hydroxyl groups is 1. The minimum atomic E-state index is -0.867. The van der Waals surface area contributed by atoms with Crippen molar-refractivity contribution in [2.75, 3.05) is 19.8 Å². The summed E-state index contributed by atoms with van der Waals surface area (Å²) in [4.78, 5) is 14.3. The van der Waals surface area contributed by atoms with E-state index in [1.54, 1.807) is 6.92 Å². The Bertz CT molecular complexity index is 800. The van der Waals surface area contributed by atoms with Gasteiger partial charge in [0.15, 0.2) is 6.23 Å². The van der Waals surface area contributed by atoms with Gasteiger partial charge in [-0.15, -0.1) is 0 Å². The van der Waals surface area contributed by atoms with E-state index >= 15 is 0 Å². The summed E-state index contributed by atoms with van der Waals surface area (Å²) < 4.78 is 17.1. The van der Waals surface area contributed by atoms with Gasteiger partial charge in [-0.05, 0) is 29.9 Å². The Morgan fingerprint density at radius 2 is 1.77 bits per heavy atom. The smallest absolute Gasteiger partial charge is 0.412 e. The molecular formula is C25H33NO5. The van der Waals surface area contributed by atoms with Crippen LogP contribution >= 0.6 is 0 Å². The predicted octanol–water partition coefficient (Wildman–Crippen LogP) is 4.39. The molecule has 0 saturated carbocycles. The normalized spacial score (nSPS) is 21.5. The Kier molecular flexibility index (Phi) is 8.46. The van der Waals surface area contributed by atoms with Crippen LogP contribution in [-0.4, -0.2) is 48.3 Å². The number of carbonyl (C=O) groups is 1. The van der Waals surface area contributed by atoms with Crippen LogP contribution < -0.4 is 0 Å². The molecule has 2 aromatic carbocycles. The SMILES string of the molecule is CCOC(=O)N1[C@@H]([C@H](O)[C@H](C)[C@@H](C)COCc2ccccc2)OC[C@H]1c1ccccc1. The zero-order chi connectivity index (χ0) is 22.2. The summed E-state index contributed by atoms with van der Waals surface area (Å²) in [5, 5.41) is 11.1. The van der Waals surface area contributed by atoms with Crippen molar-refractivity contribution in [3.8, 4) is 0 Å². The van der Waals surface area contributed by atoms with Gasteiger partial charge >= 0.3 is 6.09 Å². The second kappa shape index (κ2) is 11.3. The molecule has 0 bridgehead atoms. The second-order valence-corrected chi connectivity index (χ2v) is 8.08. The molecule has 6 nitrogen and oxygen atoms in total. The van der Waals surface area contributed by atoms with E-state index < -0.39 is 18.4 Å². The number of carbonyl (C=O) groups excluding carboxylic acids is 1. The third-order valence-electron chi connectivity index (χ3n) is 5.92. The number of benzene rings is 2. The van der Waals surface area contributed by atoms with Gasteiger partial charge in [0.25, 0.3) is 0 Å². The fraction of sp³-hybridized carbons (Fsp3) is 0.480. The standard InChI is InChI=1S/C25H33NO5/c1-4-30-25(28)26-22(21-13-9-6-10-14-21)17-31-24(26)23(27)19(3)18(2)15-29-16-20-11-7-5-8-12-20/h5-14,18-19,22-24,27H,4,15-17H2,1-3H3/t18-,19+,22-,23+,24+/m0/s1. The molecule has 1 fully saturated rings. The van der Waals surface area contributed by atoms with Gasteiger partial charge in [0, 0.05) is 6.61 Å². The van der Waals surface area contributed by atoms with Gasteiger partial charge in [0.05, 0.1) is 25.9 Å². The van der Waals surface area contributed by atoms with Crippen LogP contribution in [0.25, 0.3) is 0 Å². The minimum Gasteiger partial charge on any atom is -0.450 e. The molecule has 3 rings (SSSR count). The monoisotopic (exact) mass is 427 g/mol. The summed E-state index contributed by atoms with van der Waals surface area (Å²) in [6.07, 6.45) is -2.11. The summed E-state index contributed by atoms with van der Waals surface area (Å²) >= 11 is 0. The van der Waals surface area contributed by atoms with Gasteiger partial charge < -0.3 is 19.3 Å². The topological polar surface area (TPSA) is 68.2 Å². The van der Waals surface area contributed by atoms with Crippen molar-refractivity contribution in [3.63, 3.8) is 0 Å². The van der Waals surface area contributed by atoms with E-state index in [0.29, 0.717) is 19.8 Å². The van der Waals surface area contributed by atoms with Gasteiger partial charge in [-0.25, -0.2) is 4.79 Å². The first-order valence-electron chi connectivity index (χ1n) is 10.9. The number of amides is 1. The molecule has 6 heteroatoms. The summed E-state index contributed by atoms with van der Waals surface area (Å²) in [7, 11) is 0. The van der Waals surface area contributed by atoms with Gasteiger partial charge in [-0.1, -0.05) is 74.5 Å². The van der Waals surface area contributed by atoms with Crippen molar-refractivity contribution in [2.45, 2.75) is 45.8 Å². The van der Waals surface area contributed by atoms with Gasteiger partial charge in [-0.2, -0.15) is 0 Å². The van der Waals surface area contributed by atoms with Crippen LogP contribution in [0.15, 0.2) is 60.7 Å². The molecule has 5 atom stereocenters. The molecular weight excluding hydrogens is 394 g/mol. The quantitative estimate of drug-likeness (QED) is 0.643. The second-order valence-electron chi connectivity index (χ2n) is 8.08. The van der Waals surface area contributed by atoms with Crippen molar-refractivity contribution < 1.29 is 24.1 Å². The van der Waals surface area contributed by atoms with Crippen molar-refractivity contribution in [3.05, 3.63) is 71.8 Å². The number of aliphatic hydroxyl groups excluding tert-OH is 1. The lowest BCUT2D eigenvalue weighted by Gasteiger charge is -2.34. The lowest BCUT2D eigenvalue weighted by atomic mass is 9.90. The van der Waals surface area contributed by atoms with Gasteiger partial charge in [0.1, 0.15) is 6.10 Å². The van der Waals surface area contributed by atoms with Crippen LogP contribution in [0.3, 0.4) is 0 Å². The first-order chi connectivity index (χ1) is 15.0. The van der Waals surface area contributed by atoms with Crippen molar-refractivity contribution >= 4 is 6.09 Å². The molecule has 1 saturated heterocycles. The molecule has 1 amide bonds. The number of ether oxygens (including phenoxy) is 3. The largest absolute Gasteiger partial charge is 0.450 e. The summed E-state index contributed by atoms with van der Waals surface area (Å²) in [6, 6.07) is 19.4. The van der Waals surface area contributed by atoms with Gasteiger partial charge in [0.2, 0.25) is 0 Å². The lowest BCUT2D eigenvalue weighted by molar-refractivity contribution is -0.0940. The highest BCUT2D eigenvalue weighted by atomic mass is 16.6. The first kappa shape index (κ1) is 23.3. The van der Waals surface area contributed by atoms with E-state index in [1.807, 2.05) is 74.5 Å². The van der Waals surface area contributed by atoms with E-state index in [1.165, 1.54) is 4.90 Å². The molecule has 0 unspecified atom stereocenters. The maximum atomic E-state index is 12.8. The predicted molar refractivity (Wildman–Crippen MR) is 118 cm³/mol. The van der Waals surface area contributed by atoms with E-state index in [9.17, 15) is 9.90 Å². The highest BCUT2D eigenvalue weighted by Crippen LogP contribution is 2.35. The van der Waals surface area contributed by atoms with Gasteiger partial charge in [-0.3, -0.25) is 4.90 Å². The Balaban J connectivity index is 1.64. The Morgan fingerprint density at radius 3 is 2.42 bits per heavy atom. The Hall–Kier alpha value is -2.41. The minimum absolute atomic E-state index is 0.0714. The fourth-order valence-electron chi connectivity index (χ4n) is 3.84. The molecule has 0 aromatic heterocycles. The Morgan fingerprint density at radius 1 is 1.13 bits per heavy atom. The van der Waals surface area contributed by atoms with E-state index in [0.717, 1.165) is 11.1 Å². The van der Waals surface area contributed by atoms with E-state index in [4.69, 9.17) is 14.2 Å². The maximum absolute atomic E-state index is 12.8. The third-order valence-corrected chi connectivity index (χ3v) is 5.92. The highest BCUT2D eigenvalue weighted by Gasteiger charge is 2.45. The van der Waals surface area contributed by atoms with E-state index in [-0.39, 0.29) is 24.5 Å². The molecule has 168 valence electrons. The van der Waals surface area contributed by atoms with Crippen molar-refractivity contribution in [1.29, 1.82) is 0 Å². The van der Waals surface area contributed by atoms with Crippen LogP contribution in [0.2, 0.25) is 0 Å². The molecule has 31 heavy (non-hydrogen) atoms. The van der Waals surface area contributed by atoms with Crippen LogP contribution in [0, 0.1) is 11.8 Å². The number of hydrogen-bond donors (Lipinski definition) is 1. The zero-order valence-corrected chi connectivity index (χ0v) is 18.5. The summed E-state index contributed by atoms with van der Waals surface area (Å²) in [5.74, 6) is -0.0747. The molecule has 0 radical (unpaired) electrons. The van der Waals surface area contributed by atoms with Crippen LogP contribution in [0.5, 0.6) is 0 Å². The fourth-order valence-corrected chi connectivity index (χ4v) is 3.84. The number of rotatable bonds is 9. The molecule has 2 aromatic rings.